The predicted octanol–water partition coefficient (Wildman–Crippen LogP) is 5.38. The van der Waals surface area contributed by atoms with Crippen LogP contribution in [0.15, 0.2) is 243 Å². The first-order valence-electron chi connectivity index (χ1n) is 20.3. The van der Waals surface area contributed by atoms with Gasteiger partial charge in [0.1, 0.15) is 0 Å². The molecule has 0 spiro atoms. The zero-order valence-corrected chi connectivity index (χ0v) is 37.1. The lowest BCUT2D eigenvalue weighted by molar-refractivity contribution is 1.71. The van der Waals surface area contributed by atoms with Crippen molar-refractivity contribution in [2.24, 2.45) is 0 Å². The van der Waals surface area contributed by atoms with Crippen LogP contribution in [0.1, 0.15) is 0 Å². The van der Waals surface area contributed by atoms with E-state index in [1.807, 2.05) is 0 Å². The highest BCUT2D eigenvalue weighted by Crippen LogP contribution is 2.15. The molecule has 0 aliphatic carbocycles. The Morgan fingerprint density at radius 1 is 0.150 bits per heavy atom. The monoisotopic (exact) mass is 824 g/mol. The zero-order valence-electron chi connectivity index (χ0n) is 33.1. The van der Waals surface area contributed by atoms with Crippen molar-refractivity contribution in [2.45, 2.75) is 0 Å². The fraction of sp³-hybridized carbons (Fsp3) is 0. The van der Waals surface area contributed by atoms with Gasteiger partial charge in [-0.15, -0.1) is 44.3 Å². The van der Waals surface area contributed by atoms with Crippen LogP contribution in [0.3, 0.4) is 0 Å². The minimum Gasteiger partial charge on any atom is -0.109 e. The molecule has 0 unspecified atom stereocenters. The highest BCUT2D eigenvalue weighted by Gasteiger charge is 2.44. The summed E-state index contributed by atoms with van der Waals surface area (Å²) < 4.78 is 0. The van der Waals surface area contributed by atoms with Crippen molar-refractivity contribution in [3.8, 4) is 44.3 Å². The van der Waals surface area contributed by atoms with Gasteiger partial charge in [0.15, 0.2) is 0 Å². The third-order valence-corrected chi connectivity index (χ3v) is 26.0. The maximum Gasteiger partial charge on any atom is 0.274 e. The maximum atomic E-state index is 4.18. The van der Waals surface area contributed by atoms with Gasteiger partial charge in [-0.25, -0.2) is 0 Å². The van der Waals surface area contributed by atoms with E-state index in [4.69, 9.17) is 0 Å². The summed E-state index contributed by atoms with van der Waals surface area (Å²) in [6, 6.07) is 86.5. The Bertz CT molecular complexity index is 2350. The third kappa shape index (κ3) is 7.17. The molecule has 0 bridgehead atoms. The Morgan fingerprint density at radius 2 is 0.250 bits per heavy atom. The van der Waals surface area contributed by atoms with Crippen LogP contribution in [0.25, 0.3) is 0 Å². The first-order valence-corrected chi connectivity index (χ1v) is 28.3. The van der Waals surface area contributed by atoms with Gasteiger partial charge in [0, 0.05) is 0 Å². The van der Waals surface area contributed by atoms with Gasteiger partial charge in [0.25, 0.3) is 32.3 Å². The Balaban J connectivity index is 1.53. The molecule has 1 aliphatic heterocycles. The Morgan fingerprint density at radius 3 is 0.350 bits per heavy atom. The molecule has 1 aliphatic rings. The molecule has 280 valence electrons. The van der Waals surface area contributed by atoms with E-state index in [9.17, 15) is 0 Å². The molecule has 0 saturated carbocycles. The van der Waals surface area contributed by atoms with Gasteiger partial charge in [-0.3, -0.25) is 0 Å². The normalized spacial score (nSPS) is 15.2. The van der Waals surface area contributed by atoms with Crippen molar-refractivity contribution >= 4 is 73.8 Å². The van der Waals surface area contributed by atoms with Crippen LogP contribution in [-0.2, 0) is 0 Å². The summed E-state index contributed by atoms with van der Waals surface area (Å²) in [7, 11) is -13.0. The highest BCUT2D eigenvalue weighted by atomic mass is 28.3. The van der Waals surface area contributed by atoms with E-state index < -0.39 is 32.3 Å². The van der Waals surface area contributed by atoms with Crippen LogP contribution in [0, 0.1) is 44.3 Å². The van der Waals surface area contributed by atoms with Crippen molar-refractivity contribution in [3.63, 3.8) is 0 Å². The van der Waals surface area contributed by atoms with E-state index in [1.165, 1.54) is 0 Å². The van der Waals surface area contributed by atoms with Crippen LogP contribution in [-0.4, -0.2) is 32.3 Å². The highest BCUT2D eigenvalue weighted by molar-refractivity contribution is 7.22. The van der Waals surface area contributed by atoms with E-state index in [0.717, 1.165) is 41.5 Å². The lowest BCUT2D eigenvalue weighted by Gasteiger charge is -2.29. The molecule has 1 heterocycles. The van der Waals surface area contributed by atoms with Gasteiger partial charge in [-0.1, -0.05) is 243 Å². The van der Waals surface area contributed by atoms with Gasteiger partial charge >= 0.3 is 0 Å². The second kappa shape index (κ2) is 17.0. The minimum absolute atomic E-state index is 1.15. The summed E-state index contributed by atoms with van der Waals surface area (Å²) in [4.78, 5) is 0. The zero-order chi connectivity index (χ0) is 40.6. The van der Waals surface area contributed by atoms with Crippen molar-refractivity contribution in [1.82, 2.24) is 0 Å². The Kier molecular flexibility index (Phi) is 10.9. The van der Waals surface area contributed by atoms with E-state index in [0.29, 0.717) is 0 Å². The summed E-state index contributed by atoms with van der Waals surface area (Å²) in [6.07, 6.45) is 0. The quantitative estimate of drug-likeness (QED) is 0.143. The maximum absolute atomic E-state index is 4.18. The summed E-state index contributed by atoms with van der Waals surface area (Å²) in [5, 5.41) is 9.22. The second-order valence-electron chi connectivity index (χ2n) is 14.9. The standard InChI is InChI=1S/C56H40Si4/c1-9-25-49(26-10-1)57(50-27-11-2-12-28-50)41-43-58(51-29-13-3-14-30-51,52-31-15-4-16-32-52)45-47-60(55-37-21-7-22-38-55,56-39-23-8-24-40-56)48-46-59(44-42-57,53-33-17-5-18-34-53)54-35-19-6-20-36-54/h1-40H. The largest absolute Gasteiger partial charge is 0.274 e. The van der Waals surface area contributed by atoms with Gasteiger partial charge in [-0.2, -0.15) is 0 Å². The van der Waals surface area contributed by atoms with Crippen LogP contribution in [0.2, 0.25) is 0 Å². The van der Waals surface area contributed by atoms with Crippen LogP contribution in [0.5, 0.6) is 0 Å². The van der Waals surface area contributed by atoms with Crippen molar-refractivity contribution in [1.29, 1.82) is 0 Å². The summed E-state index contributed by atoms with van der Waals surface area (Å²) in [5.41, 5.74) is 33.5. The van der Waals surface area contributed by atoms with Crippen molar-refractivity contribution in [3.05, 3.63) is 243 Å². The first-order chi connectivity index (χ1) is 29.7. The number of rotatable bonds is 8. The van der Waals surface area contributed by atoms with Gasteiger partial charge in [-0.05, 0) is 41.5 Å². The molecule has 0 aromatic heterocycles. The van der Waals surface area contributed by atoms with E-state index in [1.54, 1.807) is 0 Å². The molecule has 4 heteroatoms. The molecule has 0 nitrogen and oxygen atoms in total. The molecule has 0 atom stereocenters. The predicted molar refractivity (Wildman–Crippen MR) is 263 cm³/mol. The molecule has 0 N–H and O–H groups in total. The second-order valence-corrected chi connectivity index (χ2v) is 27.5. The fourth-order valence-corrected chi connectivity index (χ4v) is 23.6. The average molecular weight is 825 g/mol. The molecule has 0 saturated heterocycles. The van der Waals surface area contributed by atoms with E-state index in [-0.39, 0.29) is 0 Å². The van der Waals surface area contributed by atoms with E-state index in [2.05, 4.69) is 287 Å². The molecule has 8 aromatic carbocycles. The molecule has 8 aromatic rings. The molecule has 0 amide bonds. The fourth-order valence-electron chi connectivity index (χ4n) is 8.20. The van der Waals surface area contributed by atoms with Crippen LogP contribution < -0.4 is 41.5 Å². The number of benzene rings is 8. The number of hydrogen-bond donors (Lipinski definition) is 0. The molecule has 0 radical (unpaired) electrons. The SMILES string of the molecule is C1#C[Si](c2ccccc2)(c2ccccc2)C#C[Si](c2ccccc2)(c2ccccc2)C#C[Si](c2ccccc2)(c2ccccc2)C#C[Si]1(c1ccccc1)c1ccccc1. The first kappa shape index (κ1) is 38.4. The molecule has 9 rings (SSSR count). The lowest BCUT2D eigenvalue weighted by atomic mass is 10.4. The molecular weight excluding hydrogens is 785 g/mol. The molecular formula is C56H40Si4. The van der Waals surface area contributed by atoms with Crippen molar-refractivity contribution < 1.29 is 0 Å². The average Bonchev–Trinajstić information content (AvgIpc) is 3.34. The Hall–Kier alpha value is -7.13. The topological polar surface area (TPSA) is 0 Å². The number of hydrogen-bond acceptors (Lipinski definition) is 0. The third-order valence-electron chi connectivity index (χ3n) is 11.4. The molecule has 0 fully saturated rings. The smallest absolute Gasteiger partial charge is 0.109 e. The van der Waals surface area contributed by atoms with Gasteiger partial charge in [0.05, 0.1) is 0 Å². The van der Waals surface area contributed by atoms with Crippen LogP contribution in [0.4, 0.5) is 0 Å². The summed E-state index contributed by atoms with van der Waals surface area (Å²) in [6.45, 7) is 0. The lowest BCUT2D eigenvalue weighted by Crippen LogP contribution is -2.63. The van der Waals surface area contributed by atoms with Crippen molar-refractivity contribution in [2.75, 3.05) is 0 Å². The molecule has 60 heavy (non-hydrogen) atoms. The van der Waals surface area contributed by atoms with Crippen LogP contribution >= 0.6 is 0 Å². The van der Waals surface area contributed by atoms with E-state index >= 15 is 0 Å². The Labute approximate surface area is 358 Å². The minimum atomic E-state index is -3.26. The summed E-state index contributed by atoms with van der Waals surface area (Å²) >= 11 is 0. The van der Waals surface area contributed by atoms with Gasteiger partial charge in [0.2, 0.25) is 0 Å². The van der Waals surface area contributed by atoms with Gasteiger partial charge < -0.3 is 0 Å². The summed E-state index contributed by atoms with van der Waals surface area (Å²) in [5.74, 6) is 0.